The zero-order valence-corrected chi connectivity index (χ0v) is 15.4. The van der Waals surface area contributed by atoms with Crippen LogP contribution in [0.5, 0.6) is 0 Å². The number of hydrogen-bond donors (Lipinski definition) is 1. The fourth-order valence-corrected chi connectivity index (χ4v) is 4.38. The van der Waals surface area contributed by atoms with Crippen molar-refractivity contribution < 1.29 is 9.84 Å². The predicted molar refractivity (Wildman–Crippen MR) is 105 cm³/mol. The first-order chi connectivity index (χ1) is 12.8. The van der Waals surface area contributed by atoms with Gasteiger partial charge in [-0.25, -0.2) is 0 Å². The SMILES string of the molecule is O[C@H]1[C@H](N2CCCCC2)CC[C@H]1OCc1ccc(-c2ccccc2)cc1. The number of likely N-dealkylation sites (tertiary alicyclic amines) is 1. The standard InChI is InChI=1S/C23H29NO2/c25-23-21(24-15-5-2-6-16-24)13-14-22(23)26-17-18-9-11-20(12-10-18)19-7-3-1-4-8-19/h1,3-4,7-12,21-23,25H,2,5-6,13-17H2/t21-,22-,23+/m1/s1. The fourth-order valence-electron chi connectivity index (χ4n) is 4.38. The van der Waals surface area contributed by atoms with Crippen LogP contribution in [0.15, 0.2) is 54.6 Å². The normalized spacial score (nSPS) is 26.9. The minimum absolute atomic E-state index is 0.0317. The van der Waals surface area contributed by atoms with E-state index >= 15 is 0 Å². The lowest BCUT2D eigenvalue weighted by molar-refractivity contribution is -0.0515. The van der Waals surface area contributed by atoms with E-state index in [4.69, 9.17) is 4.74 Å². The Bertz CT molecular complexity index is 679. The molecule has 0 spiro atoms. The van der Waals surface area contributed by atoms with Gasteiger partial charge in [-0.15, -0.1) is 0 Å². The van der Waals surface area contributed by atoms with Crippen LogP contribution in [-0.2, 0) is 11.3 Å². The molecule has 4 rings (SSSR count). The monoisotopic (exact) mass is 351 g/mol. The molecule has 3 nitrogen and oxygen atoms in total. The number of nitrogens with zero attached hydrogens (tertiary/aromatic N) is 1. The van der Waals surface area contributed by atoms with E-state index in [1.807, 2.05) is 6.07 Å². The van der Waals surface area contributed by atoms with Crippen molar-refractivity contribution in [3.8, 4) is 11.1 Å². The Labute approximate surface area is 156 Å². The Morgan fingerprint density at radius 2 is 1.54 bits per heavy atom. The third-order valence-electron chi connectivity index (χ3n) is 5.91. The van der Waals surface area contributed by atoms with Crippen molar-refractivity contribution in [2.75, 3.05) is 13.1 Å². The molecule has 2 fully saturated rings. The Kier molecular flexibility index (Phi) is 5.68. The van der Waals surface area contributed by atoms with Crippen molar-refractivity contribution in [1.82, 2.24) is 4.90 Å². The first-order valence-corrected chi connectivity index (χ1v) is 9.99. The molecule has 0 amide bonds. The quantitative estimate of drug-likeness (QED) is 0.874. The van der Waals surface area contributed by atoms with Crippen LogP contribution in [0.25, 0.3) is 11.1 Å². The Morgan fingerprint density at radius 3 is 2.27 bits per heavy atom. The zero-order chi connectivity index (χ0) is 17.8. The lowest BCUT2D eigenvalue weighted by Gasteiger charge is -2.34. The van der Waals surface area contributed by atoms with E-state index in [9.17, 15) is 5.11 Å². The average Bonchev–Trinajstić information content (AvgIpc) is 3.08. The molecule has 2 aliphatic rings. The number of aliphatic hydroxyl groups is 1. The minimum atomic E-state index is -0.350. The summed E-state index contributed by atoms with van der Waals surface area (Å²) in [5.41, 5.74) is 3.62. The Morgan fingerprint density at radius 1 is 0.846 bits per heavy atom. The van der Waals surface area contributed by atoms with Crippen LogP contribution >= 0.6 is 0 Å². The maximum atomic E-state index is 10.7. The van der Waals surface area contributed by atoms with Gasteiger partial charge < -0.3 is 9.84 Å². The molecule has 138 valence electrons. The van der Waals surface area contributed by atoms with Crippen molar-refractivity contribution in [3.05, 3.63) is 60.2 Å². The molecular weight excluding hydrogens is 322 g/mol. The van der Waals surface area contributed by atoms with E-state index in [-0.39, 0.29) is 12.2 Å². The Balaban J connectivity index is 1.31. The Hall–Kier alpha value is -1.68. The van der Waals surface area contributed by atoms with Crippen molar-refractivity contribution in [2.45, 2.75) is 57.0 Å². The molecule has 0 aromatic heterocycles. The van der Waals surface area contributed by atoms with Crippen molar-refractivity contribution in [2.24, 2.45) is 0 Å². The minimum Gasteiger partial charge on any atom is -0.389 e. The number of hydrogen-bond acceptors (Lipinski definition) is 3. The summed E-state index contributed by atoms with van der Waals surface area (Å²) in [6.07, 6.45) is 5.50. The maximum absolute atomic E-state index is 10.7. The second kappa shape index (κ2) is 8.34. The van der Waals surface area contributed by atoms with Crippen LogP contribution < -0.4 is 0 Å². The average molecular weight is 351 g/mol. The second-order valence-corrected chi connectivity index (χ2v) is 7.64. The van der Waals surface area contributed by atoms with E-state index in [0.717, 1.165) is 25.9 Å². The smallest absolute Gasteiger partial charge is 0.0956 e. The highest BCUT2D eigenvalue weighted by Crippen LogP contribution is 2.30. The molecule has 2 aromatic rings. The van der Waals surface area contributed by atoms with Crippen LogP contribution in [0.1, 0.15) is 37.7 Å². The summed E-state index contributed by atoms with van der Waals surface area (Å²) in [4.78, 5) is 2.48. The van der Waals surface area contributed by atoms with Gasteiger partial charge in [0, 0.05) is 6.04 Å². The summed E-state index contributed by atoms with van der Waals surface area (Å²) in [7, 11) is 0. The van der Waals surface area contributed by atoms with Crippen molar-refractivity contribution in [3.63, 3.8) is 0 Å². The fraction of sp³-hybridized carbons (Fsp3) is 0.478. The summed E-state index contributed by atoms with van der Waals surface area (Å²) in [5, 5.41) is 10.7. The summed E-state index contributed by atoms with van der Waals surface area (Å²) in [5.74, 6) is 0. The third kappa shape index (κ3) is 4.01. The van der Waals surface area contributed by atoms with Gasteiger partial charge in [0.05, 0.1) is 18.8 Å². The number of benzene rings is 2. The number of rotatable bonds is 5. The lowest BCUT2D eigenvalue weighted by Crippen LogP contribution is -2.46. The molecule has 3 atom stereocenters. The molecule has 0 unspecified atom stereocenters. The van der Waals surface area contributed by atoms with Crippen LogP contribution in [0.2, 0.25) is 0 Å². The van der Waals surface area contributed by atoms with E-state index in [2.05, 4.69) is 53.4 Å². The molecule has 0 radical (unpaired) electrons. The largest absolute Gasteiger partial charge is 0.389 e. The third-order valence-corrected chi connectivity index (χ3v) is 5.91. The zero-order valence-electron chi connectivity index (χ0n) is 15.4. The highest BCUT2D eigenvalue weighted by Gasteiger charge is 2.39. The highest BCUT2D eigenvalue weighted by molar-refractivity contribution is 5.63. The van der Waals surface area contributed by atoms with Gasteiger partial charge in [0.2, 0.25) is 0 Å². The molecule has 3 heteroatoms. The van der Waals surface area contributed by atoms with Gasteiger partial charge in [-0.1, -0.05) is 61.0 Å². The van der Waals surface area contributed by atoms with Gasteiger partial charge in [-0.3, -0.25) is 4.90 Å². The van der Waals surface area contributed by atoms with Crippen LogP contribution in [0.4, 0.5) is 0 Å². The lowest BCUT2D eigenvalue weighted by atomic mass is 10.0. The first kappa shape index (κ1) is 17.7. The first-order valence-electron chi connectivity index (χ1n) is 9.99. The van der Waals surface area contributed by atoms with E-state index < -0.39 is 0 Å². The van der Waals surface area contributed by atoms with Crippen molar-refractivity contribution >= 4 is 0 Å². The predicted octanol–water partition coefficient (Wildman–Crippen LogP) is 4.25. The summed E-state index contributed by atoms with van der Waals surface area (Å²) >= 11 is 0. The van der Waals surface area contributed by atoms with Gasteiger partial charge >= 0.3 is 0 Å². The van der Waals surface area contributed by atoms with Gasteiger partial charge in [0.25, 0.3) is 0 Å². The summed E-state index contributed by atoms with van der Waals surface area (Å²) in [6.45, 7) is 2.84. The van der Waals surface area contributed by atoms with Gasteiger partial charge in [-0.2, -0.15) is 0 Å². The van der Waals surface area contributed by atoms with E-state index in [1.54, 1.807) is 0 Å². The summed E-state index contributed by atoms with van der Waals surface area (Å²) < 4.78 is 6.09. The molecule has 1 aliphatic carbocycles. The molecule has 26 heavy (non-hydrogen) atoms. The van der Waals surface area contributed by atoms with E-state index in [0.29, 0.717) is 12.6 Å². The molecule has 1 saturated heterocycles. The molecule has 1 aliphatic heterocycles. The van der Waals surface area contributed by atoms with Gasteiger partial charge in [-0.05, 0) is 55.5 Å². The van der Waals surface area contributed by atoms with Crippen LogP contribution in [0, 0.1) is 0 Å². The van der Waals surface area contributed by atoms with Crippen molar-refractivity contribution in [1.29, 1.82) is 0 Å². The number of piperidine rings is 1. The van der Waals surface area contributed by atoms with Gasteiger partial charge in [0.1, 0.15) is 0 Å². The van der Waals surface area contributed by atoms with Crippen LogP contribution in [0.3, 0.4) is 0 Å². The molecule has 0 bridgehead atoms. The molecular formula is C23H29NO2. The molecule has 1 saturated carbocycles. The number of aliphatic hydroxyl groups excluding tert-OH is 1. The highest BCUT2D eigenvalue weighted by atomic mass is 16.5. The maximum Gasteiger partial charge on any atom is 0.0956 e. The van der Waals surface area contributed by atoms with Crippen LogP contribution in [-0.4, -0.2) is 41.3 Å². The summed E-state index contributed by atoms with van der Waals surface area (Å²) in [6, 6.07) is 19.3. The topological polar surface area (TPSA) is 32.7 Å². The molecule has 1 N–H and O–H groups in total. The number of ether oxygens (including phenoxy) is 1. The molecule has 1 heterocycles. The van der Waals surface area contributed by atoms with Gasteiger partial charge in [0.15, 0.2) is 0 Å². The molecule has 2 aromatic carbocycles. The van der Waals surface area contributed by atoms with E-state index in [1.165, 1.54) is 36.0 Å². The second-order valence-electron chi connectivity index (χ2n) is 7.64.